The zero-order chi connectivity index (χ0) is 47.6. The van der Waals surface area contributed by atoms with E-state index in [-0.39, 0.29) is 44.1 Å². The summed E-state index contributed by atoms with van der Waals surface area (Å²) in [6.07, 6.45) is 5.05. The maximum Gasteiger partial charge on any atom is 0.326 e. The molecule has 12 N–H and O–H groups in total. The van der Waals surface area contributed by atoms with Gasteiger partial charge in [-0.05, 0) is 86.1 Å². The molecule has 2 fully saturated rings. The predicted molar refractivity (Wildman–Crippen MR) is 247 cm³/mol. The number of aliphatic imine (C=N–C) groups is 1. The zero-order valence-corrected chi connectivity index (χ0v) is 38.3. The van der Waals surface area contributed by atoms with Gasteiger partial charge in [-0.15, -0.1) is 0 Å². The first kappa shape index (κ1) is 51.7. The van der Waals surface area contributed by atoms with Gasteiger partial charge in [0, 0.05) is 32.5 Å². The van der Waals surface area contributed by atoms with Gasteiger partial charge in [-0.25, -0.2) is 4.79 Å². The number of likely N-dealkylation sites (tertiary alicyclic amines) is 2. The van der Waals surface area contributed by atoms with Crippen LogP contribution in [0.25, 0.3) is 0 Å². The van der Waals surface area contributed by atoms with Crippen LogP contribution in [0.5, 0.6) is 5.75 Å². The number of hydrogen-bond donors (Lipinski definition) is 9. The molecule has 0 radical (unpaired) electrons. The number of carboxylic acids is 1. The molecule has 8 atom stereocenters. The molecule has 65 heavy (non-hydrogen) atoms. The topological polar surface area (TPSA) is 305 Å². The first-order chi connectivity index (χ1) is 31.0. The number of aliphatic carboxylic acids is 1. The highest BCUT2D eigenvalue weighted by Crippen LogP contribution is 2.27. The Morgan fingerprint density at radius 1 is 0.785 bits per heavy atom. The second-order valence-corrected chi connectivity index (χ2v) is 17.7. The first-order valence-corrected chi connectivity index (χ1v) is 23.6. The van der Waals surface area contributed by atoms with E-state index in [9.17, 15) is 43.8 Å². The van der Waals surface area contributed by atoms with E-state index in [1.165, 1.54) is 33.7 Å². The number of carbonyl (C=O) groups excluding carboxylic acids is 6. The van der Waals surface area contributed by atoms with Crippen molar-refractivity contribution >= 4 is 59.1 Å². The molecule has 2 aromatic carbocycles. The molecule has 0 aromatic heterocycles. The summed E-state index contributed by atoms with van der Waals surface area (Å²) in [4.78, 5) is 103. The fourth-order valence-corrected chi connectivity index (χ4v) is 8.49. The molecule has 0 spiro atoms. The molecule has 0 saturated carbocycles. The Balaban J connectivity index is 1.47. The summed E-state index contributed by atoms with van der Waals surface area (Å²) in [5, 5.41) is 30.7. The fraction of sp³-hybridized carbons (Fsp3) is 0.556. The normalized spacial score (nSPS) is 18.6. The van der Waals surface area contributed by atoms with Crippen molar-refractivity contribution in [2.45, 2.75) is 120 Å². The van der Waals surface area contributed by atoms with Crippen LogP contribution in [0.3, 0.4) is 0 Å². The lowest BCUT2D eigenvalue weighted by atomic mass is 9.96. The average Bonchev–Trinajstić information content (AvgIpc) is 3.99. The predicted octanol–water partition coefficient (Wildman–Crippen LogP) is 0.363. The SMILES string of the molecule is CC[C@H](C)[C@H](NC(=O)[C@@H]1CCCN1C(=O)[C@@H]1CCCN1C(=O)[C@H](CCSC)NC(=O)[C@@H](N)CCCN=C(N)N)C(=O)N[C@@H](Cc1ccccc1)C(=O)N[C@@H](Cc1ccc(O)cc1)C(=O)O. The highest BCUT2D eigenvalue weighted by Gasteiger charge is 2.44. The van der Waals surface area contributed by atoms with Crippen LogP contribution in [0.15, 0.2) is 59.6 Å². The highest BCUT2D eigenvalue weighted by atomic mass is 32.2. The molecule has 0 bridgehead atoms. The van der Waals surface area contributed by atoms with E-state index in [1.54, 1.807) is 49.4 Å². The second-order valence-electron chi connectivity index (χ2n) is 16.7. The van der Waals surface area contributed by atoms with Crippen LogP contribution in [0.4, 0.5) is 0 Å². The molecule has 2 heterocycles. The lowest BCUT2D eigenvalue weighted by Gasteiger charge is -2.34. The molecule has 2 aromatic rings. The van der Waals surface area contributed by atoms with E-state index < -0.39 is 89.6 Å². The number of rotatable bonds is 24. The van der Waals surface area contributed by atoms with Crippen molar-refractivity contribution in [2.75, 3.05) is 31.6 Å². The number of nitrogens with zero attached hydrogens (tertiary/aromatic N) is 3. The van der Waals surface area contributed by atoms with Crippen LogP contribution in [0.1, 0.15) is 76.3 Å². The van der Waals surface area contributed by atoms with Gasteiger partial charge >= 0.3 is 5.97 Å². The van der Waals surface area contributed by atoms with Gasteiger partial charge in [0.05, 0.1) is 6.04 Å². The van der Waals surface area contributed by atoms with Gasteiger partial charge in [-0.3, -0.25) is 33.8 Å². The van der Waals surface area contributed by atoms with Gasteiger partial charge < -0.3 is 58.5 Å². The Morgan fingerprint density at radius 3 is 2.02 bits per heavy atom. The molecule has 20 heteroatoms. The number of benzene rings is 2. The van der Waals surface area contributed by atoms with Crippen LogP contribution in [-0.4, -0.2) is 141 Å². The minimum atomic E-state index is -1.36. The number of hydrogen-bond acceptors (Lipinski definition) is 11. The van der Waals surface area contributed by atoms with Crippen molar-refractivity contribution in [2.24, 2.45) is 28.1 Å². The number of nitrogens with one attached hydrogen (secondary N) is 4. The molecule has 2 saturated heterocycles. The Hall–Kier alpha value is -5.89. The molecule has 19 nitrogen and oxygen atoms in total. The Bertz CT molecular complexity index is 1970. The minimum Gasteiger partial charge on any atom is -0.508 e. The van der Waals surface area contributed by atoms with Crippen molar-refractivity contribution in [3.05, 3.63) is 65.7 Å². The van der Waals surface area contributed by atoms with Gasteiger partial charge in [-0.2, -0.15) is 11.8 Å². The largest absolute Gasteiger partial charge is 0.508 e. The van der Waals surface area contributed by atoms with Crippen molar-refractivity contribution in [1.82, 2.24) is 31.1 Å². The summed E-state index contributed by atoms with van der Waals surface area (Å²) in [5.74, 6) is -4.50. The number of carboxylic acid groups (broad SMARTS) is 1. The zero-order valence-electron chi connectivity index (χ0n) is 37.4. The number of aromatic hydroxyl groups is 1. The van der Waals surface area contributed by atoms with Gasteiger partial charge in [0.15, 0.2) is 5.96 Å². The van der Waals surface area contributed by atoms with Crippen molar-refractivity contribution in [3.8, 4) is 5.75 Å². The molecule has 2 aliphatic rings. The molecular weight excluding hydrogens is 857 g/mol. The van der Waals surface area contributed by atoms with Crippen LogP contribution in [0.2, 0.25) is 0 Å². The monoisotopic (exact) mass is 922 g/mol. The summed E-state index contributed by atoms with van der Waals surface area (Å²) in [5.41, 5.74) is 18.2. The highest BCUT2D eigenvalue weighted by molar-refractivity contribution is 7.98. The van der Waals surface area contributed by atoms with Crippen molar-refractivity contribution < 1.29 is 43.8 Å². The Labute approximate surface area is 384 Å². The van der Waals surface area contributed by atoms with Crippen LogP contribution in [0, 0.1) is 5.92 Å². The second kappa shape index (κ2) is 25.6. The smallest absolute Gasteiger partial charge is 0.326 e. The number of guanidine groups is 1. The third-order valence-electron chi connectivity index (χ3n) is 11.9. The standard InChI is InChI=1S/C45H66N10O9S/c1-4-27(2)37(41(60)51-33(25-28-11-6-5-7-12-28)39(58)52-34(44(63)64)26-29-16-18-30(56)19-17-29)53-40(59)35-14-9-22-54(35)43(62)36-15-10-23-55(36)42(61)32(20-24-65-3)50-38(57)31(46)13-8-21-49-45(47)48/h5-7,11-12,16-19,27,31-37,56H,4,8-10,13-15,20-26,46H2,1-3H3,(H,50,57)(H,51,60)(H,52,58)(H,53,59)(H,63,64)(H4,47,48,49)/t27-,31-,32-,33-,34-,35-,36-,37-/m0/s1. The summed E-state index contributed by atoms with van der Waals surface area (Å²) in [6, 6.07) is 7.44. The summed E-state index contributed by atoms with van der Waals surface area (Å²) in [6.45, 7) is 4.46. The lowest BCUT2D eigenvalue weighted by Crippen LogP contribution is -2.60. The Morgan fingerprint density at radius 2 is 1.38 bits per heavy atom. The number of phenols is 1. The molecule has 4 rings (SSSR count). The van der Waals surface area contributed by atoms with E-state index >= 15 is 0 Å². The summed E-state index contributed by atoms with van der Waals surface area (Å²) < 4.78 is 0. The third-order valence-corrected chi connectivity index (χ3v) is 12.5. The first-order valence-electron chi connectivity index (χ1n) is 22.2. The molecule has 0 unspecified atom stereocenters. The maximum absolute atomic E-state index is 14.3. The number of phenolic OH excluding ortho intramolecular Hbond substituents is 1. The van der Waals surface area contributed by atoms with Gasteiger partial charge in [0.25, 0.3) is 0 Å². The van der Waals surface area contributed by atoms with E-state index in [4.69, 9.17) is 17.2 Å². The van der Waals surface area contributed by atoms with Crippen LogP contribution in [-0.2, 0) is 46.4 Å². The minimum absolute atomic E-state index is 0.00323. The summed E-state index contributed by atoms with van der Waals surface area (Å²) in [7, 11) is 0. The molecule has 356 valence electrons. The number of thioether (sulfide) groups is 1. The maximum atomic E-state index is 14.3. The van der Waals surface area contributed by atoms with Gasteiger partial charge in [0.1, 0.15) is 42.0 Å². The van der Waals surface area contributed by atoms with Gasteiger partial charge in [-0.1, -0.05) is 62.7 Å². The van der Waals surface area contributed by atoms with E-state index in [0.717, 1.165) is 0 Å². The molecule has 0 aliphatic carbocycles. The molecule has 6 amide bonds. The quantitative estimate of drug-likeness (QED) is 0.0391. The van der Waals surface area contributed by atoms with Crippen LogP contribution < -0.4 is 38.5 Å². The third kappa shape index (κ3) is 15.4. The number of nitrogens with two attached hydrogens (primary N) is 3. The van der Waals surface area contributed by atoms with Crippen molar-refractivity contribution in [3.63, 3.8) is 0 Å². The van der Waals surface area contributed by atoms with Crippen molar-refractivity contribution in [1.29, 1.82) is 0 Å². The Kier molecular flexibility index (Phi) is 20.3. The van der Waals surface area contributed by atoms with E-state index in [2.05, 4.69) is 26.3 Å². The van der Waals surface area contributed by atoms with Crippen LogP contribution >= 0.6 is 11.8 Å². The lowest BCUT2D eigenvalue weighted by molar-refractivity contribution is -0.148. The number of carbonyl (C=O) groups is 7. The number of amides is 6. The molecule has 2 aliphatic heterocycles. The average molecular weight is 923 g/mol. The van der Waals surface area contributed by atoms with E-state index in [0.29, 0.717) is 68.4 Å². The fourth-order valence-electron chi connectivity index (χ4n) is 8.02. The summed E-state index contributed by atoms with van der Waals surface area (Å²) >= 11 is 1.51. The molecular formula is C45H66N10O9S. The van der Waals surface area contributed by atoms with Gasteiger partial charge in [0.2, 0.25) is 35.4 Å². The van der Waals surface area contributed by atoms with E-state index in [1.807, 2.05) is 13.2 Å².